The molecule has 0 aliphatic rings. The summed E-state index contributed by atoms with van der Waals surface area (Å²) in [6.45, 7) is 4.47. The van der Waals surface area contributed by atoms with Crippen LogP contribution < -0.4 is 4.74 Å². The SMILES string of the molecule is CCOc1ccc(C(O)c2cccc(C)c2Cl)c(Br)c1. The molecule has 2 aromatic carbocycles. The normalized spacial score (nSPS) is 12.2. The third kappa shape index (κ3) is 3.17. The van der Waals surface area contributed by atoms with E-state index in [2.05, 4.69) is 15.9 Å². The molecule has 0 aliphatic heterocycles. The summed E-state index contributed by atoms with van der Waals surface area (Å²) in [6, 6.07) is 11.2. The lowest BCUT2D eigenvalue weighted by molar-refractivity contribution is 0.219. The van der Waals surface area contributed by atoms with Gasteiger partial charge in [0, 0.05) is 15.1 Å². The largest absolute Gasteiger partial charge is 0.494 e. The van der Waals surface area contributed by atoms with Gasteiger partial charge in [0.15, 0.2) is 0 Å². The lowest BCUT2D eigenvalue weighted by atomic mass is 10.00. The van der Waals surface area contributed by atoms with Crippen LogP contribution in [0.2, 0.25) is 5.02 Å². The molecular formula is C16H16BrClO2. The summed E-state index contributed by atoms with van der Waals surface area (Å²) in [5.74, 6) is 0.769. The summed E-state index contributed by atoms with van der Waals surface area (Å²) in [5, 5.41) is 11.1. The van der Waals surface area contributed by atoms with Gasteiger partial charge in [0.1, 0.15) is 11.9 Å². The Labute approximate surface area is 132 Å². The van der Waals surface area contributed by atoms with E-state index < -0.39 is 6.10 Å². The van der Waals surface area contributed by atoms with Gasteiger partial charge in [-0.3, -0.25) is 0 Å². The van der Waals surface area contributed by atoms with Crippen LogP contribution in [0, 0.1) is 6.92 Å². The first kappa shape index (κ1) is 15.4. The van der Waals surface area contributed by atoms with Crippen molar-refractivity contribution in [3.05, 3.63) is 62.6 Å². The van der Waals surface area contributed by atoms with Crippen LogP contribution in [0.1, 0.15) is 29.7 Å². The third-order valence-corrected chi connectivity index (χ3v) is 4.30. The van der Waals surface area contributed by atoms with Gasteiger partial charge in [0.2, 0.25) is 0 Å². The fraction of sp³-hybridized carbons (Fsp3) is 0.250. The van der Waals surface area contributed by atoms with Crippen LogP contribution in [-0.4, -0.2) is 11.7 Å². The second kappa shape index (κ2) is 6.61. The molecule has 0 amide bonds. The molecule has 1 unspecified atom stereocenters. The first-order chi connectivity index (χ1) is 9.54. The van der Waals surface area contributed by atoms with Crippen LogP contribution in [0.3, 0.4) is 0 Å². The third-order valence-electron chi connectivity index (χ3n) is 3.09. The number of aliphatic hydroxyl groups excluding tert-OH is 1. The van der Waals surface area contributed by atoms with Crippen LogP contribution in [0.25, 0.3) is 0 Å². The standard InChI is InChI=1S/C16H16BrClO2/c1-3-20-11-7-8-12(14(17)9-11)16(19)13-6-4-5-10(2)15(13)18/h4-9,16,19H,3H2,1-2H3. The number of hydrogen-bond acceptors (Lipinski definition) is 2. The van der Waals surface area contributed by atoms with Gasteiger partial charge in [-0.05, 0) is 37.1 Å². The molecule has 0 saturated heterocycles. The van der Waals surface area contributed by atoms with E-state index in [1.54, 1.807) is 0 Å². The molecule has 0 aliphatic carbocycles. The molecule has 106 valence electrons. The highest BCUT2D eigenvalue weighted by Crippen LogP contribution is 2.35. The Morgan fingerprint density at radius 3 is 2.65 bits per heavy atom. The Morgan fingerprint density at radius 1 is 1.25 bits per heavy atom. The topological polar surface area (TPSA) is 29.5 Å². The summed E-state index contributed by atoms with van der Waals surface area (Å²) in [4.78, 5) is 0. The quantitative estimate of drug-likeness (QED) is 0.846. The van der Waals surface area contributed by atoms with Crippen LogP contribution in [0.4, 0.5) is 0 Å². The molecule has 0 fully saturated rings. The Morgan fingerprint density at radius 2 is 2.00 bits per heavy atom. The minimum atomic E-state index is -0.771. The van der Waals surface area contributed by atoms with E-state index in [4.69, 9.17) is 16.3 Å². The maximum Gasteiger partial charge on any atom is 0.120 e. The van der Waals surface area contributed by atoms with Crippen molar-refractivity contribution in [1.82, 2.24) is 0 Å². The molecule has 0 radical (unpaired) electrons. The van der Waals surface area contributed by atoms with Crippen molar-refractivity contribution in [2.45, 2.75) is 20.0 Å². The zero-order valence-corrected chi connectivity index (χ0v) is 13.7. The van der Waals surface area contributed by atoms with Crippen LogP contribution in [-0.2, 0) is 0 Å². The van der Waals surface area contributed by atoms with Crippen molar-refractivity contribution in [2.75, 3.05) is 6.61 Å². The maximum absolute atomic E-state index is 10.5. The number of halogens is 2. The minimum Gasteiger partial charge on any atom is -0.494 e. The first-order valence-electron chi connectivity index (χ1n) is 6.40. The Bertz CT molecular complexity index is 613. The predicted molar refractivity (Wildman–Crippen MR) is 85.6 cm³/mol. The number of ether oxygens (including phenoxy) is 1. The van der Waals surface area contributed by atoms with E-state index in [0.717, 1.165) is 21.3 Å². The highest BCUT2D eigenvalue weighted by molar-refractivity contribution is 9.10. The summed E-state index contributed by atoms with van der Waals surface area (Å²) in [6.07, 6.45) is -0.771. The van der Waals surface area contributed by atoms with E-state index in [0.29, 0.717) is 17.2 Å². The van der Waals surface area contributed by atoms with Gasteiger partial charge in [-0.2, -0.15) is 0 Å². The molecule has 2 rings (SSSR count). The van der Waals surface area contributed by atoms with Gasteiger partial charge >= 0.3 is 0 Å². The predicted octanol–water partition coefficient (Wildman–Crippen LogP) is 4.89. The molecule has 0 bridgehead atoms. The van der Waals surface area contributed by atoms with E-state index in [1.165, 1.54) is 0 Å². The zero-order valence-electron chi connectivity index (χ0n) is 11.4. The summed E-state index contributed by atoms with van der Waals surface area (Å²) < 4.78 is 6.23. The van der Waals surface area contributed by atoms with Gasteiger partial charge in [-0.25, -0.2) is 0 Å². The van der Waals surface area contributed by atoms with E-state index in [-0.39, 0.29) is 0 Å². The van der Waals surface area contributed by atoms with Crippen molar-refractivity contribution in [1.29, 1.82) is 0 Å². The molecule has 2 aromatic rings. The molecule has 0 spiro atoms. The monoisotopic (exact) mass is 354 g/mol. The van der Waals surface area contributed by atoms with Crippen molar-refractivity contribution >= 4 is 27.5 Å². The molecule has 4 heteroatoms. The van der Waals surface area contributed by atoms with Crippen LogP contribution >= 0.6 is 27.5 Å². The fourth-order valence-corrected chi connectivity index (χ4v) is 2.84. The van der Waals surface area contributed by atoms with Gasteiger partial charge in [0.25, 0.3) is 0 Å². The highest BCUT2D eigenvalue weighted by Gasteiger charge is 2.17. The number of benzene rings is 2. The second-order valence-corrected chi connectivity index (χ2v) is 5.73. The lowest BCUT2D eigenvalue weighted by Gasteiger charge is -2.16. The van der Waals surface area contributed by atoms with Gasteiger partial charge in [0.05, 0.1) is 6.61 Å². The highest BCUT2D eigenvalue weighted by atomic mass is 79.9. The average molecular weight is 356 g/mol. The van der Waals surface area contributed by atoms with E-state index in [1.807, 2.05) is 50.2 Å². The molecule has 2 nitrogen and oxygen atoms in total. The molecular weight excluding hydrogens is 340 g/mol. The molecule has 1 N–H and O–H groups in total. The second-order valence-electron chi connectivity index (χ2n) is 4.50. The first-order valence-corrected chi connectivity index (χ1v) is 7.57. The minimum absolute atomic E-state index is 0.598. The van der Waals surface area contributed by atoms with Crippen LogP contribution in [0.5, 0.6) is 5.75 Å². The van der Waals surface area contributed by atoms with Gasteiger partial charge in [-0.15, -0.1) is 0 Å². The van der Waals surface area contributed by atoms with Crippen molar-refractivity contribution in [3.63, 3.8) is 0 Å². The Hall–Kier alpha value is -1.03. The average Bonchev–Trinajstić information content (AvgIpc) is 2.42. The van der Waals surface area contributed by atoms with E-state index >= 15 is 0 Å². The molecule has 0 saturated carbocycles. The van der Waals surface area contributed by atoms with Crippen molar-refractivity contribution in [3.8, 4) is 5.75 Å². The molecule has 20 heavy (non-hydrogen) atoms. The number of rotatable bonds is 4. The Balaban J connectivity index is 2.38. The molecule has 0 heterocycles. The summed E-state index contributed by atoms with van der Waals surface area (Å²) >= 11 is 9.75. The van der Waals surface area contributed by atoms with Gasteiger partial charge < -0.3 is 9.84 Å². The summed E-state index contributed by atoms with van der Waals surface area (Å²) in [7, 11) is 0. The maximum atomic E-state index is 10.5. The van der Waals surface area contributed by atoms with Gasteiger partial charge in [-0.1, -0.05) is 51.8 Å². The van der Waals surface area contributed by atoms with Crippen LogP contribution in [0.15, 0.2) is 40.9 Å². The van der Waals surface area contributed by atoms with Crippen molar-refractivity contribution < 1.29 is 9.84 Å². The number of aryl methyl sites for hydroxylation is 1. The lowest BCUT2D eigenvalue weighted by Crippen LogP contribution is -2.03. The number of aliphatic hydroxyl groups is 1. The Kier molecular flexibility index (Phi) is 5.08. The number of hydrogen-bond donors (Lipinski definition) is 1. The van der Waals surface area contributed by atoms with E-state index in [9.17, 15) is 5.11 Å². The molecule has 0 aromatic heterocycles. The summed E-state index contributed by atoms with van der Waals surface area (Å²) in [5.41, 5.74) is 2.42. The zero-order chi connectivity index (χ0) is 14.7. The molecule has 1 atom stereocenters. The van der Waals surface area contributed by atoms with Crippen molar-refractivity contribution in [2.24, 2.45) is 0 Å². The smallest absolute Gasteiger partial charge is 0.120 e. The fourth-order valence-electron chi connectivity index (χ4n) is 2.03.